The largest absolute Gasteiger partial charge is 0.496 e. The zero-order chi connectivity index (χ0) is 15.5. The molecule has 0 fully saturated rings. The molecule has 0 aliphatic rings. The van der Waals surface area contributed by atoms with Gasteiger partial charge in [0.2, 0.25) is 0 Å². The van der Waals surface area contributed by atoms with Crippen LogP contribution < -0.4 is 4.74 Å². The molecular formula is C16H15N3O3. The Kier molecular flexibility index (Phi) is 3.74. The van der Waals surface area contributed by atoms with Crippen molar-refractivity contribution >= 4 is 16.7 Å². The minimum atomic E-state index is -0.513. The third-order valence-corrected chi connectivity index (χ3v) is 3.36. The van der Waals surface area contributed by atoms with Gasteiger partial charge in [-0.1, -0.05) is 30.3 Å². The molecule has 112 valence electrons. The molecule has 3 rings (SSSR count). The lowest BCUT2D eigenvalue weighted by atomic mass is 10.00. The molecule has 0 amide bonds. The first-order chi connectivity index (χ1) is 10.8. The van der Waals surface area contributed by atoms with Crippen molar-refractivity contribution in [1.29, 1.82) is 0 Å². The third-order valence-electron chi connectivity index (χ3n) is 3.36. The maximum atomic E-state index is 12.1. The van der Waals surface area contributed by atoms with Gasteiger partial charge in [-0.15, -0.1) is 5.10 Å². The number of ether oxygens (including phenoxy) is 2. The van der Waals surface area contributed by atoms with Crippen molar-refractivity contribution in [3.8, 4) is 17.0 Å². The summed E-state index contributed by atoms with van der Waals surface area (Å²) in [6.07, 6.45) is 0. The van der Waals surface area contributed by atoms with E-state index in [1.165, 1.54) is 0 Å². The number of nitrogens with one attached hydrogen (secondary N) is 1. The molecule has 0 unspecified atom stereocenters. The van der Waals surface area contributed by atoms with Crippen LogP contribution in [0.2, 0.25) is 0 Å². The molecule has 6 nitrogen and oxygen atoms in total. The number of benzene rings is 2. The Bertz CT molecular complexity index is 826. The predicted molar refractivity (Wildman–Crippen MR) is 81.8 cm³/mol. The van der Waals surface area contributed by atoms with Gasteiger partial charge in [0.25, 0.3) is 0 Å². The topological polar surface area (TPSA) is 77.1 Å². The maximum Gasteiger partial charge on any atom is 0.361 e. The summed E-state index contributed by atoms with van der Waals surface area (Å²) >= 11 is 0. The van der Waals surface area contributed by atoms with E-state index in [1.54, 1.807) is 14.0 Å². The monoisotopic (exact) mass is 297 g/mol. The number of carbonyl (C=O) groups excluding carboxylic acids is 1. The molecule has 1 aromatic heterocycles. The van der Waals surface area contributed by atoms with Crippen molar-refractivity contribution in [3.05, 3.63) is 42.1 Å². The van der Waals surface area contributed by atoms with Gasteiger partial charge in [-0.2, -0.15) is 10.3 Å². The molecule has 1 heterocycles. The molecular weight excluding hydrogens is 282 g/mol. The number of nitrogens with zero attached hydrogens (tertiary/aromatic N) is 2. The number of H-pyrrole nitrogens is 1. The average molecular weight is 297 g/mol. The number of hydrogen-bond donors (Lipinski definition) is 1. The van der Waals surface area contributed by atoms with Crippen LogP contribution in [-0.2, 0) is 4.74 Å². The van der Waals surface area contributed by atoms with Crippen LogP contribution in [-0.4, -0.2) is 35.1 Å². The molecule has 0 saturated heterocycles. The second kappa shape index (κ2) is 5.85. The number of hydrogen-bond acceptors (Lipinski definition) is 5. The van der Waals surface area contributed by atoms with Crippen molar-refractivity contribution in [2.45, 2.75) is 6.92 Å². The molecule has 0 aliphatic heterocycles. The Hall–Kier alpha value is -2.89. The highest BCUT2D eigenvalue weighted by molar-refractivity contribution is 6.04. The van der Waals surface area contributed by atoms with Gasteiger partial charge in [-0.3, -0.25) is 0 Å². The Labute approximate surface area is 127 Å². The molecule has 0 saturated carbocycles. The predicted octanol–water partition coefficient (Wildman–Crippen LogP) is 2.81. The lowest BCUT2D eigenvalue weighted by molar-refractivity contribution is 0.0520. The fourth-order valence-corrected chi connectivity index (χ4v) is 2.41. The number of aromatic amines is 1. The second-order valence-electron chi connectivity index (χ2n) is 4.61. The van der Waals surface area contributed by atoms with Crippen molar-refractivity contribution in [3.63, 3.8) is 0 Å². The van der Waals surface area contributed by atoms with Gasteiger partial charge in [0.05, 0.1) is 19.3 Å². The van der Waals surface area contributed by atoms with Crippen molar-refractivity contribution in [2.24, 2.45) is 0 Å². The number of rotatable bonds is 4. The Morgan fingerprint density at radius 3 is 2.77 bits per heavy atom. The molecule has 3 aromatic rings. The highest BCUT2D eigenvalue weighted by atomic mass is 16.5. The standard InChI is InChI=1S/C16H15N3O3/c1-3-22-16(20)15-14(17-19-18-15)13-11-7-5-4-6-10(11)8-9-12(13)21-2/h4-9H,3H2,1-2H3,(H,17,18,19). The highest BCUT2D eigenvalue weighted by Crippen LogP contribution is 2.37. The zero-order valence-electron chi connectivity index (χ0n) is 12.3. The molecule has 22 heavy (non-hydrogen) atoms. The summed E-state index contributed by atoms with van der Waals surface area (Å²) in [5.74, 6) is 0.111. The van der Waals surface area contributed by atoms with E-state index >= 15 is 0 Å². The van der Waals surface area contributed by atoms with E-state index in [4.69, 9.17) is 9.47 Å². The molecule has 0 bridgehead atoms. The summed E-state index contributed by atoms with van der Waals surface area (Å²) in [6.45, 7) is 2.02. The van der Waals surface area contributed by atoms with E-state index in [0.29, 0.717) is 11.4 Å². The summed E-state index contributed by atoms with van der Waals surface area (Å²) in [5.41, 5.74) is 1.29. The van der Waals surface area contributed by atoms with Crippen LogP contribution in [0.25, 0.3) is 22.0 Å². The van der Waals surface area contributed by atoms with Gasteiger partial charge in [0, 0.05) is 0 Å². The number of carbonyl (C=O) groups is 1. The first kappa shape index (κ1) is 14.1. The Morgan fingerprint density at radius 1 is 1.18 bits per heavy atom. The van der Waals surface area contributed by atoms with Gasteiger partial charge in [-0.25, -0.2) is 4.79 Å². The fourth-order valence-electron chi connectivity index (χ4n) is 2.41. The minimum Gasteiger partial charge on any atom is -0.496 e. The molecule has 0 spiro atoms. The lowest BCUT2D eigenvalue weighted by Crippen LogP contribution is -2.07. The van der Waals surface area contributed by atoms with Crippen LogP contribution in [0.5, 0.6) is 5.75 Å². The quantitative estimate of drug-likeness (QED) is 0.749. The highest BCUT2D eigenvalue weighted by Gasteiger charge is 2.23. The van der Waals surface area contributed by atoms with Gasteiger partial charge in [0.1, 0.15) is 11.4 Å². The maximum absolute atomic E-state index is 12.1. The molecule has 2 aromatic carbocycles. The van der Waals surface area contributed by atoms with E-state index in [1.807, 2.05) is 36.4 Å². The number of aromatic nitrogens is 3. The average Bonchev–Trinajstić information content (AvgIpc) is 3.03. The van der Waals surface area contributed by atoms with E-state index in [-0.39, 0.29) is 12.3 Å². The van der Waals surface area contributed by atoms with Crippen LogP contribution in [0.15, 0.2) is 36.4 Å². The molecule has 0 radical (unpaired) electrons. The van der Waals surface area contributed by atoms with Crippen molar-refractivity contribution in [2.75, 3.05) is 13.7 Å². The van der Waals surface area contributed by atoms with Crippen LogP contribution >= 0.6 is 0 Å². The minimum absolute atomic E-state index is 0.150. The SMILES string of the molecule is CCOC(=O)c1n[nH]nc1-c1c(OC)ccc2ccccc12. The lowest BCUT2D eigenvalue weighted by Gasteiger charge is -2.11. The van der Waals surface area contributed by atoms with E-state index < -0.39 is 5.97 Å². The molecule has 1 N–H and O–H groups in total. The number of methoxy groups -OCH3 is 1. The van der Waals surface area contributed by atoms with Crippen molar-refractivity contribution in [1.82, 2.24) is 15.4 Å². The van der Waals surface area contributed by atoms with Crippen LogP contribution in [0.3, 0.4) is 0 Å². The molecule has 6 heteroatoms. The second-order valence-corrected chi connectivity index (χ2v) is 4.61. The van der Waals surface area contributed by atoms with Gasteiger partial charge < -0.3 is 9.47 Å². The zero-order valence-corrected chi connectivity index (χ0v) is 12.3. The normalized spacial score (nSPS) is 10.6. The number of esters is 1. The first-order valence-corrected chi connectivity index (χ1v) is 6.90. The van der Waals surface area contributed by atoms with Gasteiger partial charge >= 0.3 is 5.97 Å². The van der Waals surface area contributed by atoms with Crippen molar-refractivity contribution < 1.29 is 14.3 Å². The van der Waals surface area contributed by atoms with E-state index in [9.17, 15) is 4.79 Å². The molecule has 0 aliphatic carbocycles. The summed E-state index contributed by atoms with van der Waals surface area (Å²) in [7, 11) is 1.58. The van der Waals surface area contributed by atoms with E-state index in [2.05, 4.69) is 15.4 Å². The fraction of sp³-hybridized carbons (Fsp3) is 0.188. The first-order valence-electron chi connectivity index (χ1n) is 6.90. The van der Waals surface area contributed by atoms with Gasteiger partial charge in [-0.05, 0) is 23.8 Å². The summed E-state index contributed by atoms with van der Waals surface area (Å²) in [6, 6.07) is 11.6. The van der Waals surface area contributed by atoms with Crippen LogP contribution in [0.1, 0.15) is 17.4 Å². The van der Waals surface area contributed by atoms with Crippen LogP contribution in [0.4, 0.5) is 0 Å². The van der Waals surface area contributed by atoms with Crippen LogP contribution in [0, 0.1) is 0 Å². The third kappa shape index (κ3) is 2.28. The Morgan fingerprint density at radius 2 is 2.00 bits per heavy atom. The Balaban J connectivity index is 2.26. The summed E-state index contributed by atoms with van der Waals surface area (Å²) in [4.78, 5) is 12.1. The molecule has 0 atom stereocenters. The summed E-state index contributed by atoms with van der Waals surface area (Å²) < 4.78 is 10.5. The number of fused-ring (bicyclic) bond motifs is 1. The van der Waals surface area contributed by atoms with Gasteiger partial charge in [0.15, 0.2) is 5.69 Å². The summed E-state index contributed by atoms with van der Waals surface area (Å²) in [5, 5.41) is 12.5. The smallest absolute Gasteiger partial charge is 0.361 e. The van der Waals surface area contributed by atoms with E-state index in [0.717, 1.165) is 16.3 Å².